The van der Waals surface area contributed by atoms with Gasteiger partial charge < -0.3 is 29.1 Å². The minimum absolute atomic E-state index is 0.106. The molecule has 0 aliphatic carbocycles. The number of nitrogens with zero attached hydrogens (tertiary/aromatic N) is 3. The minimum Gasteiger partial charge on any atom is -0.0622 e. The number of hydrogen-bond acceptors (Lipinski definition) is 8. The summed E-state index contributed by atoms with van der Waals surface area (Å²) in [6.07, 6.45) is 6.83. The molecular weight excluding hydrogens is 1940 g/mol. The predicted octanol–water partition coefficient (Wildman–Crippen LogP) is 24.5. The molecule has 0 bridgehead atoms. The van der Waals surface area contributed by atoms with Crippen molar-refractivity contribution in [1.29, 1.82) is 0 Å². The molecule has 0 unspecified atom stereocenters. The Labute approximate surface area is 738 Å². The number of H-pyrrole nitrogens is 5. The number of rotatable bonds is 18. The summed E-state index contributed by atoms with van der Waals surface area (Å²) in [6.45, 7) is 12.3. The second kappa shape index (κ2) is 41.1. The number of ether oxygens (including phenoxy) is 1. The Hall–Kier alpha value is -7.96. The summed E-state index contributed by atoms with van der Waals surface area (Å²) in [7, 11) is 12.9. The number of thiophene rings is 3. The van der Waals surface area contributed by atoms with Crippen LogP contribution in [0.25, 0.3) is 97.6 Å². The molecular formula is C94H92Br2Cl2N8O5P2PdS3Sn. The van der Waals surface area contributed by atoms with E-state index in [0.29, 0.717) is 5.52 Å². The fraction of sp³-hybridized carbons (Fsp3) is 0.191. The first-order chi connectivity index (χ1) is 57.2. The van der Waals surface area contributed by atoms with E-state index in [2.05, 4.69) is 356 Å². The van der Waals surface area contributed by atoms with Gasteiger partial charge in [0.05, 0.1) is 31.8 Å². The number of hydrogen-bond donors (Lipinski definition) is 5. The number of aryl methyl sites for hydroxylation is 2. The van der Waals surface area contributed by atoms with E-state index < -0.39 is 45.9 Å². The molecule has 0 aliphatic rings. The Morgan fingerprint density at radius 3 is 1.08 bits per heavy atom. The smallest absolute Gasteiger partial charge is 0.0134 e. The zero-order valence-corrected chi connectivity index (χ0v) is 80.0. The number of halogens is 4. The van der Waals surface area contributed by atoms with E-state index in [4.69, 9.17) is 23.8 Å². The van der Waals surface area contributed by atoms with Crippen LogP contribution in [0.3, 0.4) is 0 Å². The summed E-state index contributed by atoms with van der Waals surface area (Å²) in [6, 6.07) is 90.3. The molecule has 5 N–H and O–H groups in total. The second-order valence-corrected chi connectivity index (χ2v) is 55.0. The number of nitrogens with one attached hydrogen (secondary N) is 5. The molecule has 608 valence electrons. The molecule has 8 heterocycles. The van der Waals surface area contributed by atoms with E-state index in [1.165, 1.54) is 113 Å². The molecule has 0 atom stereocenters. The number of unbranched alkanes of at least 4 members (excludes halogenated alkanes) is 3. The van der Waals surface area contributed by atoms with Crippen molar-refractivity contribution in [2.24, 2.45) is 14.1 Å². The van der Waals surface area contributed by atoms with Gasteiger partial charge in [0.2, 0.25) is 0 Å². The van der Waals surface area contributed by atoms with Gasteiger partial charge in [-0.05, 0) is 119 Å². The number of aromatic nitrogens is 8. The summed E-state index contributed by atoms with van der Waals surface area (Å²) in [4.78, 5) is 65.4. The van der Waals surface area contributed by atoms with Gasteiger partial charge in [0.1, 0.15) is 0 Å². The Morgan fingerprint density at radius 1 is 0.432 bits per heavy atom. The van der Waals surface area contributed by atoms with E-state index in [9.17, 15) is 19.2 Å². The van der Waals surface area contributed by atoms with Gasteiger partial charge >= 0.3 is 230 Å². The Kier molecular flexibility index (Phi) is 30.6. The standard InChI is InChI=1S/C23H15N5O2S2.2C18H15P.C13H9Br2N.C10H11N2O3S.3C4H9.2ClH.Pd.Sn/c1-28-16-4-2-10(20-18-14(8-31-20)24-22(29)26-18)6-12(16)13-7-11(3-5-17(13)28)21-19-15(9-32-21)25-23(30)27-19;2*1-4-10-16(11-5-1)19(17-12-6-2-7-13-17)18-14-8-3-9-15-18;1-16-12-4-2-8(14)6-10(12)11-7-9(15)3-5-13(11)16;1-10(2,3)15-9(14)12-7-5-16-4-6(7)11-8(12)13;3*1-3-4-2;;;;/h2-9H,1H3,(H2,24,26,29)(H2,25,27,30);2*1-15H;2-7H,1H3;5H,1-3H3,(H,11,13);3*1,3-4H2,2H3;2*1H;;/q;;;;;;;;;;+2;/p-2. The van der Waals surface area contributed by atoms with Crippen molar-refractivity contribution in [2.75, 3.05) is 0 Å². The quantitative estimate of drug-likeness (QED) is 0.0424. The minimum atomic E-state index is -2.69. The van der Waals surface area contributed by atoms with Gasteiger partial charge in [-0.25, -0.2) is 9.59 Å². The third-order valence-corrected chi connectivity index (χ3v) is 47.9. The number of fused-ring (bicyclic) bond motifs is 9. The Bertz CT molecular complexity index is 6040. The molecule has 118 heavy (non-hydrogen) atoms. The maximum Gasteiger partial charge on any atom is -0.0134 e. The summed E-state index contributed by atoms with van der Waals surface area (Å²) in [5, 5.41) is 19.2. The summed E-state index contributed by atoms with van der Waals surface area (Å²) >= 11 is 9.26. The molecule has 8 aromatic heterocycles. The van der Waals surface area contributed by atoms with Crippen molar-refractivity contribution >= 4 is 237 Å². The van der Waals surface area contributed by atoms with Crippen molar-refractivity contribution in [2.45, 2.75) is 99.0 Å². The molecule has 0 saturated carbocycles. The monoisotopic (exact) mass is 2020 g/mol. The molecule has 0 amide bonds. The van der Waals surface area contributed by atoms with E-state index in [1.807, 2.05) is 36.9 Å². The third-order valence-electron chi connectivity index (χ3n) is 20.6. The van der Waals surface area contributed by atoms with Gasteiger partial charge in [-0.1, -0.05) is 226 Å². The van der Waals surface area contributed by atoms with E-state index >= 15 is 0 Å². The first-order valence-electron chi connectivity index (χ1n) is 39.2. The van der Waals surface area contributed by atoms with Gasteiger partial charge in [-0.2, -0.15) is 0 Å². The second-order valence-electron chi connectivity index (χ2n) is 29.7. The number of carbonyl (C=O) groups excluding carboxylic acids is 1. The maximum absolute atomic E-state index is 12.7. The largest absolute Gasteiger partial charge is 0.0622 e. The van der Waals surface area contributed by atoms with Gasteiger partial charge in [-0.3, -0.25) is 0 Å². The van der Waals surface area contributed by atoms with Gasteiger partial charge in [-0.15, -0.1) is 22.7 Å². The van der Waals surface area contributed by atoms with Crippen LogP contribution >= 0.6 is 101 Å². The van der Waals surface area contributed by atoms with Crippen LogP contribution in [0, 0.1) is 0 Å². The SMILES string of the molecule is CCC[CH2][Sn]([CH2]CCC)([CH2]CCC)[c]1scc2c1[nH]c(=O)n2C(=O)OC(C)(C)C.Cn1c2ccc(-c3scc4[nH]c(=O)[nH]c34)cc2c2cc(-c3scc4[nH]c(=O)[nH]c34)ccc21.Cn1c2ccc(Br)cc2c2cc(Br)ccc21.[Cl][Pd][Cl].c1ccc(P(c2ccccc2)c2ccccc2)cc1.c1ccc(P(c2ccccc2)c2ccccc2)cc1. The molecule has 0 aliphatic heterocycles. The van der Waals surface area contributed by atoms with Crippen molar-refractivity contribution < 1.29 is 25.5 Å². The van der Waals surface area contributed by atoms with Crippen LogP contribution in [-0.4, -0.2) is 68.7 Å². The first kappa shape index (κ1) is 87.8. The van der Waals surface area contributed by atoms with Crippen molar-refractivity contribution in [3.8, 4) is 20.9 Å². The molecule has 18 aromatic rings. The van der Waals surface area contributed by atoms with Crippen LogP contribution in [0.1, 0.15) is 80.1 Å². The average molecular weight is 2030 g/mol. The van der Waals surface area contributed by atoms with Crippen LogP contribution in [0.2, 0.25) is 13.3 Å². The van der Waals surface area contributed by atoms with Crippen LogP contribution in [0.5, 0.6) is 0 Å². The molecule has 18 rings (SSSR count). The van der Waals surface area contributed by atoms with Gasteiger partial charge in [0.25, 0.3) is 0 Å². The van der Waals surface area contributed by atoms with Crippen LogP contribution < -0.4 is 51.8 Å². The molecule has 0 fully saturated rings. The number of imidazole rings is 3. The number of aromatic amines is 5. The fourth-order valence-electron chi connectivity index (χ4n) is 15.2. The normalized spacial score (nSPS) is 11.5. The zero-order valence-electron chi connectivity index (χ0n) is 66.7. The molecule has 10 aromatic carbocycles. The maximum atomic E-state index is 12.7. The molecule has 24 heteroatoms. The van der Waals surface area contributed by atoms with Crippen molar-refractivity contribution in [1.82, 2.24) is 38.6 Å². The number of benzene rings is 10. The van der Waals surface area contributed by atoms with Crippen LogP contribution in [-0.2, 0) is 34.8 Å². The number of carbonyl (C=O) groups is 1. The van der Waals surface area contributed by atoms with Gasteiger partial charge in [0.15, 0.2) is 0 Å². The molecule has 0 radical (unpaired) electrons. The van der Waals surface area contributed by atoms with Crippen molar-refractivity contribution in [3.63, 3.8) is 0 Å². The van der Waals surface area contributed by atoms with Crippen LogP contribution in [0.4, 0.5) is 4.79 Å². The molecule has 13 nitrogen and oxygen atoms in total. The van der Waals surface area contributed by atoms with Crippen molar-refractivity contribution in [3.05, 3.63) is 311 Å². The summed E-state index contributed by atoms with van der Waals surface area (Å²) < 4.78 is 18.8. The fourth-order valence-corrected chi connectivity index (χ4v) is 43.1. The summed E-state index contributed by atoms with van der Waals surface area (Å²) in [5.41, 5.74) is 10.5. The third kappa shape index (κ3) is 20.6. The topological polar surface area (TPSA) is 171 Å². The van der Waals surface area contributed by atoms with E-state index in [1.54, 1.807) is 34.0 Å². The molecule has 0 spiro atoms. The Morgan fingerprint density at radius 2 is 0.754 bits per heavy atom. The molecule has 0 saturated heterocycles. The average Bonchev–Trinajstić information content (AvgIpc) is 1.63. The predicted molar refractivity (Wildman–Crippen MR) is 516 cm³/mol. The Balaban J connectivity index is 0.000000130. The zero-order chi connectivity index (χ0) is 83.0. The van der Waals surface area contributed by atoms with Gasteiger partial charge in [0, 0.05) is 77.4 Å². The van der Waals surface area contributed by atoms with Crippen LogP contribution in [0.15, 0.2) is 294 Å². The summed E-state index contributed by atoms with van der Waals surface area (Å²) in [5.74, 6) is 0. The first-order valence-corrected chi connectivity index (χ1v) is 57.6. The van der Waals surface area contributed by atoms with E-state index in [-0.39, 0.29) is 33.0 Å². The van der Waals surface area contributed by atoms with E-state index in [0.717, 1.165) is 79.2 Å².